The van der Waals surface area contributed by atoms with Gasteiger partial charge in [-0.15, -0.1) is 0 Å². The summed E-state index contributed by atoms with van der Waals surface area (Å²) in [6.45, 7) is 3.28. The lowest BCUT2D eigenvalue weighted by Crippen LogP contribution is -2.31. The van der Waals surface area contributed by atoms with Crippen molar-refractivity contribution in [3.63, 3.8) is 0 Å². The summed E-state index contributed by atoms with van der Waals surface area (Å²) in [6.07, 6.45) is 5.73. The van der Waals surface area contributed by atoms with Crippen molar-refractivity contribution in [3.8, 4) is 5.75 Å². The van der Waals surface area contributed by atoms with Crippen LogP contribution in [0.3, 0.4) is 0 Å². The number of aliphatic hydroxyl groups is 1. The lowest BCUT2D eigenvalue weighted by Gasteiger charge is -2.25. The van der Waals surface area contributed by atoms with Crippen molar-refractivity contribution < 1.29 is 23.8 Å². The summed E-state index contributed by atoms with van der Waals surface area (Å²) in [5, 5.41) is 11.3. The van der Waals surface area contributed by atoms with E-state index in [1.165, 1.54) is 29.2 Å². The smallest absolute Gasteiger partial charge is 0.295 e. The quantitative estimate of drug-likeness (QED) is 0.179. The molecule has 0 radical (unpaired) electrons. The molecule has 1 atom stereocenters. The molecule has 1 unspecified atom stereocenters. The minimum absolute atomic E-state index is 0.0253. The third-order valence-electron chi connectivity index (χ3n) is 6.72. The number of carbonyl (C=O) groups is 2. The molecule has 1 aliphatic heterocycles. The number of Topliss-reactive ketones (excluding diaryl/α,β-unsaturated/α-hetero) is 1. The van der Waals surface area contributed by atoms with E-state index in [1.54, 1.807) is 36.8 Å². The van der Waals surface area contributed by atoms with Crippen molar-refractivity contribution in [2.24, 2.45) is 0 Å². The lowest BCUT2D eigenvalue weighted by molar-refractivity contribution is -0.139. The van der Waals surface area contributed by atoms with Gasteiger partial charge in [-0.25, -0.2) is 9.37 Å². The number of hydrogen-bond donors (Lipinski definition) is 1. The highest BCUT2D eigenvalue weighted by Crippen LogP contribution is 2.39. The standard InChI is InChI=1S/C31H28FN3O4/c1-21-4-2-5-22(18-21)19-39-26-12-8-24(9-13-26)29(36)27-28(23-6-10-25(32)11-7-23)35(31(38)30(27)37)16-3-15-34-17-14-33-20-34/h2,4-14,17-18,20,28,36H,3,15-16,19H2,1H3/b29-27+. The Hall–Kier alpha value is -4.72. The molecule has 1 amide bonds. The van der Waals surface area contributed by atoms with Crippen LogP contribution in [-0.4, -0.2) is 37.8 Å². The molecule has 7 nitrogen and oxygen atoms in total. The lowest BCUT2D eigenvalue weighted by atomic mass is 9.95. The van der Waals surface area contributed by atoms with Gasteiger partial charge < -0.3 is 19.3 Å². The molecule has 2 heterocycles. The molecule has 39 heavy (non-hydrogen) atoms. The average Bonchev–Trinajstić information content (AvgIpc) is 3.55. The number of carbonyl (C=O) groups excluding carboxylic acids is 2. The predicted molar refractivity (Wildman–Crippen MR) is 144 cm³/mol. The summed E-state index contributed by atoms with van der Waals surface area (Å²) in [5.74, 6) is -1.59. The number of aromatic nitrogens is 2. The summed E-state index contributed by atoms with van der Waals surface area (Å²) >= 11 is 0. The Balaban J connectivity index is 1.41. The van der Waals surface area contributed by atoms with Gasteiger partial charge in [0.15, 0.2) is 0 Å². The molecule has 198 valence electrons. The largest absolute Gasteiger partial charge is 0.507 e. The maximum Gasteiger partial charge on any atom is 0.295 e. The van der Waals surface area contributed by atoms with Crippen LogP contribution < -0.4 is 4.74 Å². The Morgan fingerprint density at radius 3 is 2.49 bits per heavy atom. The minimum Gasteiger partial charge on any atom is -0.507 e. The van der Waals surface area contributed by atoms with Gasteiger partial charge in [-0.05, 0) is 60.9 Å². The van der Waals surface area contributed by atoms with Crippen molar-refractivity contribution in [2.45, 2.75) is 32.5 Å². The number of ether oxygens (including phenoxy) is 1. The summed E-state index contributed by atoms with van der Waals surface area (Å²) < 4.78 is 21.5. The Morgan fingerprint density at radius 1 is 1.03 bits per heavy atom. The summed E-state index contributed by atoms with van der Waals surface area (Å²) in [5.41, 5.74) is 3.07. The molecule has 4 aromatic rings. The first-order valence-corrected chi connectivity index (χ1v) is 12.7. The molecule has 0 bridgehead atoms. The molecule has 0 aliphatic carbocycles. The normalized spacial score (nSPS) is 16.6. The predicted octanol–water partition coefficient (Wildman–Crippen LogP) is 5.42. The van der Waals surface area contributed by atoms with E-state index < -0.39 is 23.5 Å². The van der Waals surface area contributed by atoms with Crippen LogP contribution in [0.4, 0.5) is 4.39 Å². The number of halogens is 1. The first kappa shape index (κ1) is 25.9. The van der Waals surface area contributed by atoms with Crippen LogP contribution in [-0.2, 0) is 22.7 Å². The van der Waals surface area contributed by atoms with Crippen LogP contribution in [0.15, 0.2) is 97.1 Å². The SMILES string of the molecule is Cc1cccc(COc2ccc(/C(O)=C3\C(=O)C(=O)N(CCCn4ccnc4)C3c3ccc(F)cc3)cc2)c1. The highest BCUT2D eigenvalue weighted by Gasteiger charge is 2.45. The van der Waals surface area contributed by atoms with Gasteiger partial charge >= 0.3 is 0 Å². The zero-order chi connectivity index (χ0) is 27.4. The molecule has 1 N–H and O–H groups in total. The second-order valence-electron chi connectivity index (χ2n) is 9.50. The highest BCUT2D eigenvalue weighted by molar-refractivity contribution is 6.46. The molecule has 1 aromatic heterocycles. The molecule has 0 spiro atoms. The van der Waals surface area contributed by atoms with Gasteiger partial charge in [0.05, 0.1) is 17.9 Å². The van der Waals surface area contributed by atoms with E-state index in [0.29, 0.717) is 36.4 Å². The number of benzene rings is 3. The van der Waals surface area contributed by atoms with Gasteiger partial charge in [0, 0.05) is 31.0 Å². The van der Waals surface area contributed by atoms with E-state index in [1.807, 2.05) is 42.0 Å². The van der Waals surface area contributed by atoms with Crippen molar-refractivity contribution in [2.75, 3.05) is 6.54 Å². The maximum absolute atomic E-state index is 13.7. The van der Waals surface area contributed by atoms with E-state index >= 15 is 0 Å². The fourth-order valence-corrected chi connectivity index (χ4v) is 4.78. The zero-order valence-corrected chi connectivity index (χ0v) is 21.5. The minimum atomic E-state index is -0.842. The number of amides is 1. The number of hydrogen-bond acceptors (Lipinski definition) is 5. The number of imidazole rings is 1. The maximum atomic E-state index is 13.7. The number of likely N-dealkylation sites (tertiary alicyclic amines) is 1. The third kappa shape index (κ3) is 5.75. The number of aryl methyl sites for hydroxylation is 2. The fraction of sp³-hybridized carbons (Fsp3) is 0.194. The van der Waals surface area contributed by atoms with E-state index in [9.17, 15) is 19.1 Å². The van der Waals surface area contributed by atoms with Crippen LogP contribution in [0.5, 0.6) is 5.75 Å². The number of aliphatic hydroxyl groups excluding tert-OH is 1. The van der Waals surface area contributed by atoms with E-state index in [2.05, 4.69) is 4.98 Å². The molecule has 1 saturated heterocycles. The second kappa shape index (κ2) is 11.3. The van der Waals surface area contributed by atoms with Crippen molar-refractivity contribution >= 4 is 17.4 Å². The molecule has 0 saturated carbocycles. The van der Waals surface area contributed by atoms with Gasteiger partial charge in [0.25, 0.3) is 11.7 Å². The van der Waals surface area contributed by atoms with Gasteiger partial charge in [0.1, 0.15) is 23.9 Å². The number of nitrogens with zero attached hydrogens (tertiary/aromatic N) is 3. The molecule has 1 aliphatic rings. The van der Waals surface area contributed by atoms with Crippen LogP contribution in [0.2, 0.25) is 0 Å². The van der Waals surface area contributed by atoms with Crippen molar-refractivity contribution in [1.82, 2.24) is 14.5 Å². The summed E-state index contributed by atoms with van der Waals surface area (Å²) in [7, 11) is 0. The van der Waals surface area contributed by atoms with Gasteiger partial charge in [0.2, 0.25) is 0 Å². The fourth-order valence-electron chi connectivity index (χ4n) is 4.78. The first-order chi connectivity index (χ1) is 18.9. The number of ketones is 1. The Labute approximate surface area is 225 Å². The molecule has 8 heteroatoms. The average molecular weight is 526 g/mol. The Kier molecular flexibility index (Phi) is 7.54. The molecular formula is C31H28FN3O4. The molecular weight excluding hydrogens is 497 g/mol. The van der Waals surface area contributed by atoms with Crippen LogP contribution in [0.25, 0.3) is 5.76 Å². The topological polar surface area (TPSA) is 84.7 Å². The van der Waals surface area contributed by atoms with Crippen LogP contribution in [0, 0.1) is 12.7 Å². The summed E-state index contributed by atoms with van der Waals surface area (Å²) in [6, 6.07) is 19.5. The third-order valence-corrected chi connectivity index (χ3v) is 6.72. The molecule has 5 rings (SSSR count). The number of rotatable bonds is 9. The Bertz CT molecular complexity index is 1500. The summed E-state index contributed by atoms with van der Waals surface area (Å²) in [4.78, 5) is 31.8. The van der Waals surface area contributed by atoms with Gasteiger partial charge in [-0.3, -0.25) is 9.59 Å². The Morgan fingerprint density at radius 2 is 1.79 bits per heavy atom. The van der Waals surface area contributed by atoms with E-state index in [0.717, 1.165) is 11.1 Å². The highest BCUT2D eigenvalue weighted by atomic mass is 19.1. The van der Waals surface area contributed by atoms with Crippen LogP contribution in [0.1, 0.15) is 34.7 Å². The zero-order valence-electron chi connectivity index (χ0n) is 21.5. The van der Waals surface area contributed by atoms with E-state index in [4.69, 9.17) is 4.74 Å². The van der Waals surface area contributed by atoms with Crippen molar-refractivity contribution in [3.05, 3.63) is 125 Å². The molecule has 3 aromatic carbocycles. The van der Waals surface area contributed by atoms with Crippen molar-refractivity contribution in [1.29, 1.82) is 0 Å². The molecule has 1 fully saturated rings. The first-order valence-electron chi connectivity index (χ1n) is 12.7. The van der Waals surface area contributed by atoms with Gasteiger partial charge in [-0.2, -0.15) is 0 Å². The van der Waals surface area contributed by atoms with Crippen LogP contribution >= 0.6 is 0 Å². The monoisotopic (exact) mass is 525 g/mol. The van der Waals surface area contributed by atoms with Gasteiger partial charge in [-0.1, -0.05) is 42.0 Å². The second-order valence-corrected chi connectivity index (χ2v) is 9.50. The van der Waals surface area contributed by atoms with E-state index in [-0.39, 0.29) is 17.9 Å².